The highest BCUT2D eigenvalue weighted by Crippen LogP contribution is 2.22. The zero-order valence-corrected chi connectivity index (χ0v) is 11.3. The molecular formula is C14H24N4. The van der Waals surface area contributed by atoms with E-state index < -0.39 is 0 Å². The van der Waals surface area contributed by atoms with Gasteiger partial charge >= 0.3 is 0 Å². The Morgan fingerprint density at radius 1 is 1.39 bits per heavy atom. The molecule has 1 aromatic heterocycles. The van der Waals surface area contributed by atoms with E-state index in [1.54, 1.807) is 12.3 Å². The normalized spacial score (nSPS) is 21.7. The smallest absolute Gasteiger partial charge is 0.144 e. The van der Waals surface area contributed by atoms with Gasteiger partial charge in [0.2, 0.25) is 0 Å². The number of anilines is 1. The zero-order valence-electron chi connectivity index (χ0n) is 11.3. The standard InChI is InChI=1S/C14H24N4/c1-2-4-12-5-3-9-18(10-7-12)11-14-16-8-6-13(15)17-14/h6,8,12H,2-5,7,9-11H2,1H3,(H2,15,16,17). The Morgan fingerprint density at radius 3 is 3.06 bits per heavy atom. The van der Waals surface area contributed by atoms with E-state index in [1.165, 1.54) is 45.2 Å². The van der Waals surface area contributed by atoms with E-state index in [9.17, 15) is 0 Å². The first-order valence-electron chi connectivity index (χ1n) is 7.07. The van der Waals surface area contributed by atoms with Gasteiger partial charge in [-0.1, -0.05) is 19.8 Å². The molecule has 4 nitrogen and oxygen atoms in total. The fraction of sp³-hybridized carbons (Fsp3) is 0.714. The molecule has 1 aliphatic rings. The van der Waals surface area contributed by atoms with Crippen LogP contribution in [0.3, 0.4) is 0 Å². The SMILES string of the molecule is CCCC1CCCN(Cc2nccc(N)n2)CC1. The molecule has 2 rings (SSSR count). The van der Waals surface area contributed by atoms with E-state index in [0.29, 0.717) is 5.82 Å². The van der Waals surface area contributed by atoms with Crippen molar-refractivity contribution < 1.29 is 0 Å². The molecule has 1 atom stereocenters. The molecule has 100 valence electrons. The van der Waals surface area contributed by atoms with E-state index in [1.807, 2.05) is 0 Å². The summed E-state index contributed by atoms with van der Waals surface area (Å²) >= 11 is 0. The van der Waals surface area contributed by atoms with Gasteiger partial charge in [0.15, 0.2) is 0 Å². The van der Waals surface area contributed by atoms with Crippen LogP contribution in [0, 0.1) is 5.92 Å². The highest BCUT2D eigenvalue weighted by atomic mass is 15.1. The third kappa shape index (κ3) is 3.95. The number of nitrogens with zero attached hydrogens (tertiary/aromatic N) is 3. The summed E-state index contributed by atoms with van der Waals surface area (Å²) in [6.07, 6.45) is 8.42. The number of hydrogen-bond donors (Lipinski definition) is 1. The van der Waals surface area contributed by atoms with Crippen LogP contribution >= 0.6 is 0 Å². The van der Waals surface area contributed by atoms with Gasteiger partial charge < -0.3 is 5.73 Å². The fourth-order valence-corrected chi connectivity index (χ4v) is 2.77. The highest BCUT2D eigenvalue weighted by Gasteiger charge is 2.17. The molecule has 0 amide bonds. The van der Waals surface area contributed by atoms with Crippen LogP contribution in [0.15, 0.2) is 12.3 Å². The molecule has 0 bridgehead atoms. The average molecular weight is 248 g/mol. The molecule has 1 unspecified atom stereocenters. The first kappa shape index (κ1) is 13.3. The summed E-state index contributed by atoms with van der Waals surface area (Å²) in [5, 5.41) is 0. The molecule has 0 aliphatic carbocycles. The summed E-state index contributed by atoms with van der Waals surface area (Å²) in [5.41, 5.74) is 5.69. The van der Waals surface area contributed by atoms with E-state index in [0.717, 1.165) is 18.3 Å². The number of hydrogen-bond acceptors (Lipinski definition) is 4. The van der Waals surface area contributed by atoms with Crippen LogP contribution in [0.2, 0.25) is 0 Å². The van der Waals surface area contributed by atoms with Crippen molar-refractivity contribution >= 4 is 5.82 Å². The van der Waals surface area contributed by atoms with Crippen molar-refractivity contribution in [1.82, 2.24) is 14.9 Å². The zero-order chi connectivity index (χ0) is 12.8. The van der Waals surface area contributed by atoms with E-state index in [4.69, 9.17) is 5.73 Å². The third-order valence-corrected chi connectivity index (χ3v) is 3.73. The van der Waals surface area contributed by atoms with E-state index in [2.05, 4.69) is 21.8 Å². The van der Waals surface area contributed by atoms with E-state index >= 15 is 0 Å². The summed E-state index contributed by atoms with van der Waals surface area (Å²) in [7, 11) is 0. The van der Waals surface area contributed by atoms with Crippen LogP contribution in [0.5, 0.6) is 0 Å². The Kier molecular flexibility index (Phi) is 4.93. The number of nitrogen functional groups attached to an aromatic ring is 1. The number of rotatable bonds is 4. The van der Waals surface area contributed by atoms with Gasteiger partial charge in [-0.3, -0.25) is 4.90 Å². The monoisotopic (exact) mass is 248 g/mol. The predicted octanol–water partition coefficient (Wildman–Crippen LogP) is 2.46. The van der Waals surface area contributed by atoms with Gasteiger partial charge in [0.05, 0.1) is 6.54 Å². The van der Waals surface area contributed by atoms with Crippen LogP contribution in [-0.2, 0) is 6.54 Å². The second-order valence-corrected chi connectivity index (χ2v) is 5.26. The molecule has 0 aromatic carbocycles. The van der Waals surface area contributed by atoms with Gasteiger partial charge in [0.25, 0.3) is 0 Å². The van der Waals surface area contributed by atoms with Crippen LogP contribution in [-0.4, -0.2) is 28.0 Å². The summed E-state index contributed by atoms with van der Waals surface area (Å²) in [4.78, 5) is 11.0. The molecule has 2 N–H and O–H groups in total. The minimum absolute atomic E-state index is 0.568. The van der Waals surface area contributed by atoms with Gasteiger partial charge in [-0.25, -0.2) is 9.97 Å². The quantitative estimate of drug-likeness (QED) is 0.889. The van der Waals surface area contributed by atoms with Crippen molar-refractivity contribution in [2.24, 2.45) is 5.92 Å². The highest BCUT2D eigenvalue weighted by molar-refractivity contribution is 5.24. The van der Waals surface area contributed by atoms with Crippen molar-refractivity contribution in [2.75, 3.05) is 18.8 Å². The molecule has 0 saturated carbocycles. The molecule has 1 aliphatic heterocycles. The molecular weight excluding hydrogens is 224 g/mol. The minimum atomic E-state index is 0.568. The maximum atomic E-state index is 5.69. The van der Waals surface area contributed by atoms with Crippen LogP contribution in [0.4, 0.5) is 5.82 Å². The van der Waals surface area contributed by atoms with Gasteiger partial charge in [0, 0.05) is 6.20 Å². The molecule has 1 saturated heterocycles. The topological polar surface area (TPSA) is 55.0 Å². The van der Waals surface area contributed by atoms with Crippen LogP contribution in [0.1, 0.15) is 44.9 Å². The summed E-state index contributed by atoms with van der Waals surface area (Å²) in [5.74, 6) is 2.34. The Bertz CT molecular complexity index is 367. The molecule has 1 fully saturated rings. The molecule has 2 heterocycles. The molecule has 18 heavy (non-hydrogen) atoms. The van der Waals surface area contributed by atoms with Crippen molar-refractivity contribution in [3.8, 4) is 0 Å². The van der Waals surface area contributed by atoms with Gasteiger partial charge in [-0.2, -0.15) is 0 Å². The van der Waals surface area contributed by atoms with Crippen LogP contribution < -0.4 is 5.73 Å². The van der Waals surface area contributed by atoms with E-state index in [-0.39, 0.29) is 0 Å². The van der Waals surface area contributed by atoms with Crippen molar-refractivity contribution in [3.05, 3.63) is 18.1 Å². The predicted molar refractivity (Wildman–Crippen MR) is 74.0 cm³/mol. The number of nitrogens with two attached hydrogens (primary N) is 1. The number of likely N-dealkylation sites (tertiary alicyclic amines) is 1. The lowest BCUT2D eigenvalue weighted by Crippen LogP contribution is -2.25. The number of aromatic nitrogens is 2. The second-order valence-electron chi connectivity index (χ2n) is 5.26. The lowest BCUT2D eigenvalue weighted by molar-refractivity contribution is 0.265. The summed E-state index contributed by atoms with van der Waals surface area (Å²) < 4.78 is 0. The molecule has 1 aromatic rings. The van der Waals surface area contributed by atoms with Gasteiger partial charge in [-0.15, -0.1) is 0 Å². The van der Waals surface area contributed by atoms with Crippen molar-refractivity contribution in [1.29, 1.82) is 0 Å². The Labute approximate surface area is 110 Å². The first-order chi connectivity index (χ1) is 8.78. The fourth-order valence-electron chi connectivity index (χ4n) is 2.77. The van der Waals surface area contributed by atoms with Crippen LogP contribution in [0.25, 0.3) is 0 Å². The molecule has 0 radical (unpaired) electrons. The Morgan fingerprint density at radius 2 is 2.28 bits per heavy atom. The van der Waals surface area contributed by atoms with Gasteiger partial charge in [-0.05, 0) is 44.3 Å². The third-order valence-electron chi connectivity index (χ3n) is 3.73. The Balaban J connectivity index is 1.87. The Hall–Kier alpha value is -1.16. The average Bonchev–Trinajstić information content (AvgIpc) is 2.56. The molecule has 0 spiro atoms. The summed E-state index contributed by atoms with van der Waals surface area (Å²) in [6.45, 7) is 5.45. The molecule has 4 heteroatoms. The van der Waals surface area contributed by atoms with Crippen molar-refractivity contribution in [3.63, 3.8) is 0 Å². The van der Waals surface area contributed by atoms with Crippen molar-refractivity contribution in [2.45, 2.75) is 45.6 Å². The first-order valence-corrected chi connectivity index (χ1v) is 7.07. The lowest BCUT2D eigenvalue weighted by Gasteiger charge is -2.19. The minimum Gasteiger partial charge on any atom is -0.384 e. The maximum absolute atomic E-state index is 5.69. The second kappa shape index (κ2) is 6.69. The maximum Gasteiger partial charge on any atom is 0.144 e. The lowest BCUT2D eigenvalue weighted by atomic mass is 9.96. The van der Waals surface area contributed by atoms with Gasteiger partial charge in [0.1, 0.15) is 11.6 Å². The summed E-state index contributed by atoms with van der Waals surface area (Å²) in [6, 6.07) is 1.74. The largest absolute Gasteiger partial charge is 0.384 e.